The van der Waals surface area contributed by atoms with Crippen molar-refractivity contribution < 1.29 is 18.7 Å². The molecule has 7 heteroatoms. The number of carboxylic acid groups (broad SMARTS) is 1. The maximum Gasteiger partial charge on any atom is 0.348 e. The zero-order valence-corrected chi connectivity index (χ0v) is 21.7. The molecule has 0 unspecified atom stereocenters. The monoisotopic (exact) mass is 509 g/mol. The molecule has 0 bridgehead atoms. The number of aromatic carboxylic acids is 1. The zero-order valence-electron chi connectivity index (χ0n) is 21.7. The van der Waals surface area contributed by atoms with Crippen LogP contribution in [0, 0.1) is 0 Å². The normalized spacial score (nSPS) is 13.3. The standard InChI is InChI=1S/C31H28N2O5/c1-4-33(5-2)19-12-13-22-25(16-19)37-29-23-15-18-9-8-14-32(3)24(18)17-26(23)38-31(36)28(29)27(22)20-10-6-7-11-21(20)30(34)35/h6-7,10-13,15-17H,4-5,8-9,14H2,1-3H3/p+1. The Balaban J connectivity index is 1.83. The maximum absolute atomic E-state index is 13.6. The summed E-state index contributed by atoms with van der Waals surface area (Å²) in [6.07, 6.45) is 1.96. The smallest absolute Gasteiger partial charge is 0.348 e. The number of hydrogen-bond acceptors (Lipinski definition) is 5. The van der Waals surface area contributed by atoms with E-state index < -0.39 is 11.6 Å². The van der Waals surface area contributed by atoms with Crippen LogP contribution in [0.2, 0.25) is 0 Å². The summed E-state index contributed by atoms with van der Waals surface area (Å²) < 4.78 is 14.7. The lowest BCUT2D eigenvalue weighted by Gasteiger charge is -2.27. The predicted octanol–water partition coefficient (Wildman–Crippen LogP) is 5.20. The third kappa shape index (κ3) is 3.69. The molecule has 2 aliphatic heterocycles. The number of aryl methyl sites for hydroxylation is 1. The Morgan fingerprint density at radius 3 is 2.58 bits per heavy atom. The first-order valence-corrected chi connectivity index (χ1v) is 13.0. The van der Waals surface area contributed by atoms with Crippen LogP contribution in [0.25, 0.3) is 44.4 Å². The Labute approximate surface area is 219 Å². The molecule has 1 aromatic heterocycles. The summed E-state index contributed by atoms with van der Waals surface area (Å²) in [5.74, 6) is -0.483. The van der Waals surface area contributed by atoms with E-state index in [1.807, 2.05) is 31.3 Å². The Hall–Kier alpha value is -4.39. The molecule has 192 valence electrons. The Morgan fingerprint density at radius 2 is 1.82 bits per heavy atom. The minimum absolute atomic E-state index is 0.112. The fraction of sp³-hybridized carbons (Fsp3) is 0.258. The van der Waals surface area contributed by atoms with Crippen molar-refractivity contribution >= 4 is 33.6 Å². The van der Waals surface area contributed by atoms with Gasteiger partial charge in [0.2, 0.25) is 5.36 Å². The molecule has 38 heavy (non-hydrogen) atoms. The van der Waals surface area contributed by atoms with Gasteiger partial charge >= 0.3 is 11.6 Å². The van der Waals surface area contributed by atoms with E-state index in [0.717, 1.165) is 43.5 Å². The van der Waals surface area contributed by atoms with E-state index in [9.17, 15) is 14.7 Å². The van der Waals surface area contributed by atoms with Crippen LogP contribution >= 0.6 is 0 Å². The van der Waals surface area contributed by atoms with Crippen molar-refractivity contribution in [3.63, 3.8) is 0 Å². The van der Waals surface area contributed by atoms with Gasteiger partial charge in [0.25, 0.3) is 0 Å². The quantitative estimate of drug-likeness (QED) is 0.155. The Morgan fingerprint density at radius 1 is 1.03 bits per heavy atom. The van der Waals surface area contributed by atoms with Crippen LogP contribution in [0.4, 0.5) is 5.69 Å². The number of benzene rings is 3. The minimum Gasteiger partial charge on any atom is -0.478 e. The third-order valence-corrected chi connectivity index (χ3v) is 7.66. The highest BCUT2D eigenvalue weighted by Crippen LogP contribution is 2.42. The Kier molecular flexibility index (Phi) is 5.79. The van der Waals surface area contributed by atoms with Gasteiger partial charge in [-0.1, -0.05) is 18.2 Å². The summed E-state index contributed by atoms with van der Waals surface area (Å²) in [7, 11) is 2.04. The van der Waals surface area contributed by atoms with Crippen LogP contribution in [-0.4, -0.2) is 37.8 Å². The third-order valence-electron chi connectivity index (χ3n) is 7.66. The summed E-state index contributed by atoms with van der Waals surface area (Å²) in [6, 6.07) is 16.6. The molecule has 3 aromatic rings. The Bertz CT molecular complexity index is 1840. The van der Waals surface area contributed by atoms with Gasteiger partial charge in [-0.3, -0.25) is 0 Å². The molecule has 1 aliphatic carbocycles. The van der Waals surface area contributed by atoms with E-state index in [1.54, 1.807) is 24.3 Å². The number of carbonyl (C=O) groups is 1. The van der Waals surface area contributed by atoms with Gasteiger partial charge in [-0.25, -0.2) is 14.2 Å². The van der Waals surface area contributed by atoms with Gasteiger partial charge in [-0.2, -0.15) is 0 Å². The average Bonchev–Trinajstić information content (AvgIpc) is 2.92. The minimum atomic E-state index is -1.07. The molecule has 1 N–H and O–H groups in total. The van der Waals surface area contributed by atoms with Gasteiger partial charge in [-0.15, -0.1) is 0 Å². The summed E-state index contributed by atoms with van der Waals surface area (Å²) >= 11 is 0. The molecule has 3 heterocycles. The molecule has 0 amide bonds. The van der Waals surface area contributed by atoms with Crippen molar-refractivity contribution in [2.75, 3.05) is 31.6 Å². The largest absolute Gasteiger partial charge is 0.478 e. The van der Waals surface area contributed by atoms with Gasteiger partial charge in [0.05, 0.1) is 17.0 Å². The first kappa shape index (κ1) is 24.0. The lowest BCUT2D eigenvalue weighted by molar-refractivity contribution is 0.0697. The molecule has 0 radical (unpaired) electrons. The summed E-state index contributed by atoms with van der Waals surface area (Å²) in [5, 5.41) is 12.0. The number of fused-ring (bicyclic) bond motifs is 5. The molecular weight excluding hydrogens is 480 g/mol. The fourth-order valence-corrected chi connectivity index (χ4v) is 5.76. The first-order valence-electron chi connectivity index (χ1n) is 13.0. The summed E-state index contributed by atoms with van der Waals surface area (Å²) in [4.78, 5) is 28.0. The molecule has 7 nitrogen and oxygen atoms in total. The van der Waals surface area contributed by atoms with Crippen molar-refractivity contribution in [1.82, 2.24) is 4.58 Å². The number of hydrogen-bond donors (Lipinski definition) is 1. The van der Waals surface area contributed by atoms with E-state index >= 15 is 0 Å². The van der Waals surface area contributed by atoms with Gasteiger partial charge in [0.15, 0.2) is 5.58 Å². The molecule has 0 saturated carbocycles. The van der Waals surface area contributed by atoms with Gasteiger partial charge in [0, 0.05) is 42.5 Å². The van der Waals surface area contributed by atoms with Crippen molar-refractivity contribution in [3.8, 4) is 22.5 Å². The highest BCUT2D eigenvalue weighted by atomic mass is 16.4. The van der Waals surface area contributed by atoms with Crippen LogP contribution < -0.4 is 20.5 Å². The first-order chi connectivity index (χ1) is 18.4. The lowest BCUT2D eigenvalue weighted by Crippen LogP contribution is -2.29. The van der Waals surface area contributed by atoms with Gasteiger partial charge in [-0.05, 0) is 56.0 Å². The number of nitrogens with zero attached hydrogens (tertiary/aromatic N) is 2. The molecule has 0 spiro atoms. The van der Waals surface area contributed by atoms with E-state index in [1.165, 1.54) is 5.56 Å². The van der Waals surface area contributed by atoms with E-state index in [2.05, 4.69) is 29.4 Å². The molecule has 3 aliphatic rings. The SMILES string of the molecule is CC[N+](CC)=c1ccc2c(-c3ccccc3C(=O)O)c3c(=O)oc4cc5c(cc4c3oc-2c1)CCCN5C. The second kappa shape index (κ2) is 9.17. The van der Waals surface area contributed by atoms with Crippen LogP contribution in [0.3, 0.4) is 0 Å². The molecule has 0 saturated heterocycles. The topological polar surface area (TPSA) is 86.9 Å². The van der Waals surface area contributed by atoms with Crippen LogP contribution in [-0.2, 0) is 6.42 Å². The van der Waals surface area contributed by atoms with Crippen molar-refractivity contribution in [2.24, 2.45) is 0 Å². The fourth-order valence-electron chi connectivity index (χ4n) is 5.76. The number of anilines is 1. The number of rotatable bonds is 4. The highest BCUT2D eigenvalue weighted by molar-refractivity contribution is 6.13. The molecule has 2 aromatic carbocycles. The van der Waals surface area contributed by atoms with Crippen molar-refractivity contribution in [1.29, 1.82) is 0 Å². The summed E-state index contributed by atoms with van der Waals surface area (Å²) in [5.41, 5.74) is 4.25. The molecule has 0 atom stereocenters. The van der Waals surface area contributed by atoms with Gasteiger partial charge < -0.3 is 18.8 Å². The predicted molar refractivity (Wildman–Crippen MR) is 149 cm³/mol. The van der Waals surface area contributed by atoms with E-state index in [-0.39, 0.29) is 10.9 Å². The van der Waals surface area contributed by atoms with Crippen LogP contribution in [0.5, 0.6) is 0 Å². The lowest BCUT2D eigenvalue weighted by atomic mass is 9.90. The number of carboxylic acids is 1. The van der Waals surface area contributed by atoms with Crippen LogP contribution in [0.15, 0.2) is 68.2 Å². The highest BCUT2D eigenvalue weighted by Gasteiger charge is 2.27. The van der Waals surface area contributed by atoms with E-state index in [4.69, 9.17) is 8.83 Å². The maximum atomic E-state index is 13.6. The van der Waals surface area contributed by atoms with Gasteiger partial charge in [0.1, 0.15) is 29.8 Å². The van der Waals surface area contributed by atoms with Crippen LogP contribution in [0.1, 0.15) is 36.2 Å². The molecular formula is C31H29N2O5+. The van der Waals surface area contributed by atoms with E-state index in [0.29, 0.717) is 39.0 Å². The average molecular weight is 510 g/mol. The second-order valence-electron chi connectivity index (χ2n) is 9.78. The summed E-state index contributed by atoms with van der Waals surface area (Å²) in [6.45, 7) is 6.79. The molecule has 6 rings (SSSR count). The zero-order chi connectivity index (χ0) is 26.6. The molecule has 0 fully saturated rings. The van der Waals surface area contributed by atoms with Crippen molar-refractivity contribution in [2.45, 2.75) is 26.7 Å². The second-order valence-corrected chi connectivity index (χ2v) is 9.78. The van der Waals surface area contributed by atoms with Crippen molar-refractivity contribution in [3.05, 3.63) is 81.5 Å².